The van der Waals surface area contributed by atoms with Crippen LogP contribution in [-0.2, 0) is 6.18 Å². The van der Waals surface area contributed by atoms with E-state index in [9.17, 15) is 18.0 Å². The van der Waals surface area contributed by atoms with Gasteiger partial charge in [-0.05, 0) is 61.9 Å². The van der Waals surface area contributed by atoms with Crippen LogP contribution in [0, 0.1) is 0 Å². The Hall–Kier alpha value is -4.19. The van der Waals surface area contributed by atoms with Crippen LogP contribution in [0.15, 0.2) is 67.1 Å². The van der Waals surface area contributed by atoms with E-state index >= 15 is 0 Å². The summed E-state index contributed by atoms with van der Waals surface area (Å²) in [4.78, 5) is 25.6. The molecule has 3 N–H and O–H groups in total. The Morgan fingerprint density at radius 1 is 0.944 bits per heavy atom. The summed E-state index contributed by atoms with van der Waals surface area (Å²) in [7, 11) is 0. The summed E-state index contributed by atoms with van der Waals surface area (Å²) in [5.74, 6) is 0.520. The lowest BCUT2D eigenvalue weighted by Gasteiger charge is -2.11. The van der Waals surface area contributed by atoms with Gasteiger partial charge in [0.2, 0.25) is 0 Å². The number of hydrogen-bond donors (Lipinski definition) is 3. The highest BCUT2D eigenvalue weighted by atomic mass is 32.1. The maximum atomic E-state index is 12.8. The fourth-order valence-corrected chi connectivity index (χ4v) is 3.98. The van der Waals surface area contributed by atoms with Gasteiger partial charge in [0.15, 0.2) is 5.13 Å². The molecule has 2 aromatic carbocycles. The van der Waals surface area contributed by atoms with E-state index in [-0.39, 0.29) is 17.4 Å². The van der Waals surface area contributed by atoms with E-state index in [1.807, 2.05) is 32.2 Å². The summed E-state index contributed by atoms with van der Waals surface area (Å²) in [6, 6.07) is 11.3. The first-order chi connectivity index (χ1) is 17.2. The number of anilines is 3. The fraction of sp³-hybridized carbons (Fsp3) is 0.167. The molecule has 12 heteroatoms. The third-order valence-electron chi connectivity index (χ3n) is 4.60. The van der Waals surface area contributed by atoms with Crippen molar-refractivity contribution in [3.63, 3.8) is 0 Å². The number of amides is 2. The third kappa shape index (κ3) is 6.69. The molecule has 0 aliphatic heterocycles. The second-order valence-corrected chi connectivity index (χ2v) is 8.90. The van der Waals surface area contributed by atoms with E-state index < -0.39 is 17.8 Å². The van der Waals surface area contributed by atoms with Crippen molar-refractivity contribution in [2.24, 2.45) is 0 Å². The molecule has 36 heavy (non-hydrogen) atoms. The molecular formula is C24H21F3N6O2S. The molecule has 186 valence electrons. The van der Waals surface area contributed by atoms with Crippen LogP contribution in [0.1, 0.15) is 19.4 Å². The maximum absolute atomic E-state index is 12.8. The van der Waals surface area contributed by atoms with Crippen molar-refractivity contribution in [1.82, 2.24) is 15.0 Å². The van der Waals surface area contributed by atoms with Crippen LogP contribution < -0.4 is 20.7 Å². The number of alkyl halides is 3. The van der Waals surface area contributed by atoms with Gasteiger partial charge in [0, 0.05) is 17.9 Å². The van der Waals surface area contributed by atoms with Gasteiger partial charge in [0.1, 0.15) is 5.75 Å². The highest BCUT2D eigenvalue weighted by Gasteiger charge is 2.30. The zero-order chi connectivity index (χ0) is 25.7. The zero-order valence-corrected chi connectivity index (χ0v) is 19.9. The number of urea groups is 1. The first-order valence-electron chi connectivity index (χ1n) is 10.7. The van der Waals surface area contributed by atoms with E-state index in [0.717, 1.165) is 27.7 Å². The van der Waals surface area contributed by atoms with E-state index in [1.165, 1.54) is 24.5 Å². The lowest BCUT2D eigenvalue weighted by molar-refractivity contribution is -0.137. The number of benzene rings is 2. The monoisotopic (exact) mass is 514 g/mol. The number of aromatic nitrogens is 3. The number of nitrogens with one attached hydrogen (secondary N) is 3. The molecule has 2 aromatic heterocycles. The standard InChI is InChI=1S/C24H21F3N6O2S/c1-14(2)31-23-30-13-20(36-23)15-6-8-19(9-7-15)35-22-28-11-18(12-29-22)33-21(34)32-17-5-3-4-16(10-17)24(25,26)27/h3-14H,1-2H3,(H,30,31)(H2,32,33,34). The minimum Gasteiger partial charge on any atom is -0.424 e. The van der Waals surface area contributed by atoms with Crippen molar-refractivity contribution < 1.29 is 22.7 Å². The second-order valence-electron chi connectivity index (χ2n) is 7.87. The van der Waals surface area contributed by atoms with Gasteiger partial charge in [-0.3, -0.25) is 0 Å². The minimum absolute atomic E-state index is 0.00242. The zero-order valence-electron chi connectivity index (χ0n) is 19.1. The topological polar surface area (TPSA) is 101 Å². The van der Waals surface area contributed by atoms with Gasteiger partial charge in [0.05, 0.1) is 28.5 Å². The van der Waals surface area contributed by atoms with Crippen LogP contribution in [0.25, 0.3) is 10.4 Å². The van der Waals surface area contributed by atoms with E-state index in [0.29, 0.717) is 11.8 Å². The van der Waals surface area contributed by atoms with Crippen LogP contribution in [0.4, 0.5) is 34.5 Å². The SMILES string of the molecule is CC(C)Nc1ncc(-c2ccc(Oc3ncc(NC(=O)Nc4cccc(C(F)(F)F)c4)cn3)cc2)s1. The van der Waals surface area contributed by atoms with Gasteiger partial charge in [-0.1, -0.05) is 17.4 Å². The van der Waals surface area contributed by atoms with Crippen LogP contribution in [0.5, 0.6) is 11.8 Å². The molecule has 0 atom stereocenters. The van der Waals surface area contributed by atoms with Crippen LogP contribution in [0.2, 0.25) is 0 Å². The second kappa shape index (κ2) is 10.6. The molecule has 8 nitrogen and oxygen atoms in total. The molecule has 2 heterocycles. The van der Waals surface area contributed by atoms with Gasteiger partial charge in [-0.15, -0.1) is 0 Å². The van der Waals surface area contributed by atoms with Crippen molar-refractivity contribution in [3.8, 4) is 22.2 Å². The molecule has 0 radical (unpaired) electrons. The van der Waals surface area contributed by atoms with Gasteiger partial charge >= 0.3 is 18.2 Å². The molecule has 0 bridgehead atoms. The van der Waals surface area contributed by atoms with E-state index in [4.69, 9.17) is 4.74 Å². The molecule has 0 aliphatic rings. The van der Waals surface area contributed by atoms with Crippen LogP contribution in [-0.4, -0.2) is 27.0 Å². The number of rotatable bonds is 7. The van der Waals surface area contributed by atoms with Crippen molar-refractivity contribution in [3.05, 3.63) is 72.7 Å². The molecule has 0 saturated carbocycles. The predicted octanol–water partition coefficient (Wildman–Crippen LogP) is 6.88. The number of carbonyl (C=O) groups is 1. The molecule has 0 unspecified atom stereocenters. The average molecular weight is 515 g/mol. The van der Waals surface area contributed by atoms with Crippen LogP contribution >= 0.6 is 11.3 Å². The number of carbonyl (C=O) groups excluding carboxylic acids is 1. The van der Waals surface area contributed by atoms with Crippen LogP contribution in [0.3, 0.4) is 0 Å². The van der Waals surface area contributed by atoms with Gasteiger partial charge in [-0.25, -0.2) is 19.7 Å². The Morgan fingerprint density at radius 2 is 1.64 bits per heavy atom. The maximum Gasteiger partial charge on any atom is 0.416 e. The Balaban J connectivity index is 1.32. The number of nitrogens with zero attached hydrogens (tertiary/aromatic N) is 3. The van der Waals surface area contributed by atoms with E-state index in [1.54, 1.807) is 23.5 Å². The highest BCUT2D eigenvalue weighted by molar-refractivity contribution is 7.18. The molecule has 0 aliphatic carbocycles. The molecule has 0 spiro atoms. The number of halogens is 3. The fourth-order valence-electron chi connectivity index (χ4n) is 3.01. The molecule has 0 saturated heterocycles. The smallest absolute Gasteiger partial charge is 0.416 e. The predicted molar refractivity (Wildman–Crippen MR) is 133 cm³/mol. The molecule has 4 rings (SSSR count). The van der Waals surface area contributed by atoms with Gasteiger partial charge in [0.25, 0.3) is 0 Å². The molecule has 4 aromatic rings. The van der Waals surface area contributed by atoms with Crippen molar-refractivity contribution in [2.45, 2.75) is 26.1 Å². The largest absolute Gasteiger partial charge is 0.424 e. The number of hydrogen-bond acceptors (Lipinski definition) is 7. The Morgan fingerprint density at radius 3 is 2.31 bits per heavy atom. The lowest BCUT2D eigenvalue weighted by atomic mass is 10.2. The van der Waals surface area contributed by atoms with Crippen molar-refractivity contribution >= 4 is 33.9 Å². The van der Waals surface area contributed by atoms with Gasteiger partial charge < -0.3 is 20.7 Å². The molecular weight excluding hydrogens is 493 g/mol. The Kier molecular flexibility index (Phi) is 7.34. The summed E-state index contributed by atoms with van der Waals surface area (Å²) in [6.45, 7) is 4.10. The summed E-state index contributed by atoms with van der Waals surface area (Å²) in [5.41, 5.74) is 0.359. The first-order valence-corrected chi connectivity index (χ1v) is 11.6. The average Bonchev–Trinajstić information content (AvgIpc) is 3.28. The van der Waals surface area contributed by atoms with Crippen molar-refractivity contribution in [2.75, 3.05) is 16.0 Å². The summed E-state index contributed by atoms with van der Waals surface area (Å²) >= 11 is 1.56. The molecule has 2 amide bonds. The highest BCUT2D eigenvalue weighted by Crippen LogP contribution is 2.32. The third-order valence-corrected chi connectivity index (χ3v) is 5.58. The summed E-state index contributed by atoms with van der Waals surface area (Å²) in [5, 5.41) is 8.92. The summed E-state index contributed by atoms with van der Waals surface area (Å²) in [6.07, 6.45) is -0.0526. The Labute approximate surface area is 208 Å². The van der Waals surface area contributed by atoms with Crippen molar-refractivity contribution in [1.29, 1.82) is 0 Å². The number of ether oxygens (including phenoxy) is 1. The first kappa shape index (κ1) is 24.9. The quantitative estimate of drug-likeness (QED) is 0.249. The summed E-state index contributed by atoms with van der Waals surface area (Å²) < 4.78 is 44.1. The lowest BCUT2D eigenvalue weighted by Crippen LogP contribution is -2.20. The molecule has 0 fully saturated rings. The normalized spacial score (nSPS) is 11.3. The Bertz CT molecular complexity index is 1320. The van der Waals surface area contributed by atoms with E-state index in [2.05, 4.69) is 30.9 Å². The van der Waals surface area contributed by atoms with Gasteiger partial charge in [-0.2, -0.15) is 13.2 Å². The number of thiazole rings is 1. The minimum atomic E-state index is -4.51.